The molecule has 1 aliphatic heterocycles. The van der Waals surface area contributed by atoms with E-state index in [2.05, 4.69) is 31.1 Å². The minimum Gasteiger partial charge on any atom is -0.482 e. The van der Waals surface area contributed by atoms with Crippen LogP contribution in [0.3, 0.4) is 0 Å². The molecule has 0 saturated carbocycles. The molecule has 0 bridgehead atoms. The summed E-state index contributed by atoms with van der Waals surface area (Å²) in [7, 11) is 3.87. The van der Waals surface area contributed by atoms with E-state index in [1.54, 1.807) is 4.90 Å². The predicted molar refractivity (Wildman–Crippen MR) is 109 cm³/mol. The SMILES string of the molecule is CN(C)CCNC(=O)c1coc(CN2C(=O)COc3ccc(C(C)(C)C)cc32)n1. The fourth-order valence-electron chi connectivity index (χ4n) is 2.95. The molecule has 2 aromatic rings. The zero-order chi connectivity index (χ0) is 21.2. The number of nitrogens with zero attached hydrogens (tertiary/aromatic N) is 3. The standard InChI is InChI=1S/C21H28N4O4/c1-21(2,3)14-6-7-17-16(10-14)25(19(26)13-28-17)11-18-23-15(12-29-18)20(27)22-8-9-24(4)5/h6-7,10,12H,8-9,11,13H2,1-5H3,(H,22,27). The molecule has 156 valence electrons. The number of hydrogen-bond donors (Lipinski definition) is 1. The molecule has 0 atom stereocenters. The molecule has 0 fully saturated rings. The van der Waals surface area contributed by atoms with E-state index < -0.39 is 0 Å². The van der Waals surface area contributed by atoms with Gasteiger partial charge in [-0.1, -0.05) is 26.8 Å². The van der Waals surface area contributed by atoms with Crippen LogP contribution in [-0.4, -0.2) is 55.5 Å². The van der Waals surface area contributed by atoms with E-state index in [1.807, 2.05) is 37.2 Å². The number of ether oxygens (including phenoxy) is 1. The molecule has 0 spiro atoms. The molecule has 2 amide bonds. The van der Waals surface area contributed by atoms with Crippen LogP contribution in [-0.2, 0) is 16.8 Å². The predicted octanol–water partition coefficient (Wildman–Crippen LogP) is 2.19. The molecule has 2 heterocycles. The fraction of sp³-hybridized carbons (Fsp3) is 0.476. The lowest BCUT2D eigenvalue weighted by Crippen LogP contribution is -2.38. The number of carbonyl (C=O) groups is 2. The van der Waals surface area contributed by atoms with Gasteiger partial charge in [0.1, 0.15) is 18.6 Å². The minimum atomic E-state index is -0.300. The van der Waals surface area contributed by atoms with Crippen molar-refractivity contribution in [2.24, 2.45) is 0 Å². The second-order valence-corrected chi connectivity index (χ2v) is 8.39. The van der Waals surface area contributed by atoms with Crippen molar-refractivity contribution in [3.63, 3.8) is 0 Å². The van der Waals surface area contributed by atoms with E-state index in [0.29, 0.717) is 23.9 Å². The smallest absolute Gasteiger partial charge is 0.273 e. The van der Waals surface area contributed by atoms with Gasteiger partial charge >= 0.3 is 0 Å². The summed E-state index contributed by atoms with van der Waals surface area (Å²) in [6.45, 7) is 7.66. The maximum atomic E-state index is 12.5. The number of nitrogens with one attached hydrogen (secondary N) is 1. The number of rotatable bonds is 6. The number of carbonyl (C=O) groups excluding carboxylic acids is 2. The van der Waals surface area contributed by atoms with Crippen molar-refractivity contribution in [2.45, 2.75) is 32.7 Å². The van der Waals surface area contributed by atoms with Crippen molar-refractivity contribution in [1.82, 2.24) is 15.2 Å². The first kappa shape index (κ1) is 20.9. The molecule has 8 nitrogen and oxygen atoms in total. The number of amides is 2. The van der Waals surface area contributed by atoms with Gasteiger partial charge in [-0.3, -0.25) is 14.5 Å². The largest absolute Gasteiger partial charge is 0.482 e. The van der Waals surface area contributed by atoms with E-state index in [1.165, 1.54) is 6.26 Å². The van der Waals surface area contributed by atoms with Crippen molar-refractivity contribution < 1.29 is 18.7 Å². The van der Waals surface area contributed by atoms with E-state index in [4.69, 9.17) is 9.15 Å². The van der Waals surface area contributed by atoms with Crippen molar-refractivity contribution in [3.8, 4) is 5.75 Å². The maximum Gasteiger partial charge on any atom is 0.273 e. The fourth-order valence-corrected chi connectivity index (χ4v) is 2.95. The van der Waals surface area contributed by atoms with Crippen LogP contribution in [0.1, 0.15) is 42.7 Å². The Morgan fingerprint density at radius 2 is 2.07 bits per heavy atom. The van der Waals surface area contributed by atoms with Crippen LogP contribution in [0.15, 0.2) is 28.9 Å². The number of anilines is 1. The Morgan fingerprint density at radius 3 is 2.76 bits per heavy atom. The minimum absolute atomic E-state index is 0.0412. The van der Waals surface area contributed by atoms with Gasteiger partial charge in [0.05, 0.1) is 5.69 Å². The summed E-state index contributed by atoms with van der Waals surface area (Å²) in [5.74, 6) is 0.459. The highest BCUT2D eigenvalue weighted by Gasteiger charge is 2.29. The van der Waals surface area contributed by atoms with E-state index in [-0.39, 0.29) is 36.1 Å². The van der Waals surface area contributed by atoms with Gasteiger partial charge < -0.3 is 19.4 Å². The lowest BCUT2D eigenvalue weighted by Gasteiger charge is -2.30. The van der Waals surface area contributed by atoms with Crippen molar-refractivity contribution >= 4 is 17.5 Å². The summed E-state index contributed by atoms with van der Waals surface area (Å²) >= 11 is 0. The van der Waals surface area contributed by atoms with Crippen LogP contribution in [0.25, 0.3) is 0 Å². The summed E-state index contributed by atoms with van der Waals surface area (Å²) in [6.07, 6.45) is 1.32. The van der Waals surface area contributed by atoms with E-state index in [0.717, 1.165) is 12.1 Å². The first-order chi connectivity index (χ1) is 13.6. The molecule has 1 N–H and O–H groups in total. The summed E-state index contributed by atoms with van der Waals surface area (Å²) in [6, 6.07) is 5.85. The van der Waals surface area contributed by atoms with Crippen molar-refractivity contribution in [1.29, 1.82) is 0 Å². The molecule has 0 radical (unpaired) electrons. The second kappa shape index (κ2) is 8.24. The molecule has 8 heteroatoms. The van der Waals surface area contributed by atoms with Gasteiger partial charge in [-0.15, -0.1) is 0 Å². The molecule has 3 rings (SSSR count). The van der Waals surface area contributed by atoms with Gasteiger partial charge in [-0.05, 0) is 37.2 Å². The third-order valence-electron chi connectivity index (χ3n) is 4.69. The van der Waals surface area contributed by atoms with E-state index in [9.17, 15) is 9.59 Å². The van der Waals surface area contributed by atoms with Gasteiger partial charge in [0.15, 0.2) is 12.3 Å². The Bertz CT molecular complexity index is 898. The highest BCUT2D eigenvalue weighted by Crippen LogP contribution is 2.37. The Labute approximate surface area is 170 Å². The third kappa shape index (κ3) is 4.95. The number of likely N-dealkylation sites (N-methyl/N-ethyl adjacent to an activating group) is 1. The van der Waals surface area contributed by atoms with Crippen LogP contribution in [0, 0.1) is 0 Å². The summed E-state index contributed by atoms with van der Waals surface area (Å²) < 4.78 is 11.0. The monoisotopic (exact) mass is 400 g/mol. The Morgan fingerprint density at radius 1 is 1.31 bits per heavy atom. The number of fused-ring (bicyclic) bond motifs is 1. The van der Waals surface area contributed by atoms with Crippen LogP contribution in [0.2, 0.25) is 0 Å². The van der Waals surface area contributed by atoms with Crippen LogP contribution < -0.4 is 15.0 Å². The maximum absolute atomic E-state index is 12.5. The highest BCUT2D eigenvalue weighted by atomic mass is 16.5. The molecule has 0 unspecified atom stereocenters. The average molecular weight is 400 g/mol. The van der Waals surface area contributed by atoms with Gasteiger partial charge in [0, 0.05) is 13.1 Å². The third-order valence-corrected chi connectivity index (χ3v) is 4.69. The van der Waals surface area contributed by atoms with Gasteiger partial charge in [-0.25, -0.2) is 4.98 Å². The quantitative estimate of drug-likeness (QED) is 0.800. The van der Waals surface area contributed by atoms with E-state index >= 15 is 0 Å². The van der Waals surface area contributed by atoms with Gasteiger partial charge in [0.25, 0.3) is 11.8 Å². The molecular formula is C21H28N4O4. The molecule has 0 aliphatic carbocycles. The van der Waals surface area contributed by atoms with Gasteiger partial charge in [-0.2, -0.15) is 0 Å². The Hall–Kier alpha value is -2.87. The zero-order valence-corrected chi connectivity index (χ0v) is 17.6. The molecule has 1 aliphatic rings. The lowest BCUT2D eigenvalue weighted by atomic mass is 9.86. The van der Waals surface area contributed by atoms with Crippen molar-refractivity contribution in [2.75, 3.05) is 38.7 Å². The normalized spacial score (nSPS) is 14.0. The first-order valence-corrected chi connectivity index (χ1v) is 9.60. The zero-order valence-electron chi connectivity index (χ0n) is 17.6. The molecular weight excluding hydrogens is 372 g/mol. The molecule has 29 heavy (non-hydrogen) atoms. The van der Waals surface area contributed by atoms with Crippen LogP contribution in [0.4, 0.5) is 5.69 Å². The topological polar surface area (TPSA) is 87.9 Å². The summed E-state index contributed by atoms with van der Waals surface area (Å²) in [4.78, 5) is 32.5. The number of oxazole rings is 1. The molecule has 1 aromatic heterocycles. The van der Waals surface area contributed by atoms with Gasteiger partial charge in [0.2, 0.25) is 5.89 Å². The Kier molecular flexibility index (Phi) is 5.93. The van der Waals surface area contributed by atoms with Crippen LogP contribution in [0.5, 0.6) is 5.75 Å². The number of hydrogen-bond acceptors (Lipinski definition) is 6. The summed E-state index contributed by atoms with van der Waals surface area (Å²) in [5.41, 5.74) is 1.90. The number of benzene rings is 1. The average Bonchev–Trinajstić information content (AvgIpc) is 3.11. The highest BCUT2D eigenvalue weighted by molar-refractivity contribution is 5.98. The van der Waals surface area contributed by atoms with Crippen LogP contribution >= 0.6 is 0 Å². The molecule has 0 saturated heterocycles. The molecule has 1 aromatic carbocycles. The first-order valence-electron chi connectivity index (χ1n) is 9.60. The second-order valence-electron chi connectivity index (χ2n) is 8.39. The number of aromatic nitrogens is 1. The Balaban J connectivity index is 1.76. The summed E-state index contributed by atoms with van der Waals surface area (Å²) in [5, 5.41) is 2.79. The van der Waals surface area contributed by atoms with Crippen molar-refractivity contribution in [3.05, 3.63) is 41.6 Å². The lowest BCUT2D eigenvalue weighted by molar-refractivity contribution is -0.121.